The number of likely N-dealkylation sites (N-methyl/N-ethyl adjacent to an activating group) is 1. The van der Waals surface area contributed by atoms with E-state index in [4.69, 9.17) is 9.47 Å². The summed E-state index contributed by atoms with van der Waals surface area (Å²) in [5.74, 6) is 0.857. The molecule has 0 unspecified atom stereocenters. The number of amides is 1. The molecule has 0 aliphatic carbocycles. The van der Waals surface area contributed by atoms with Crippen molar-refractivity contribution in [3.05, 3.63) is 29.8 Å². The standard InChI is InChI=1S/C15H24N2O3/c1-17(2)10-9-16-15(18)8-11-20-12-13-4-6-14(19-3)7-5-13/h4-7H,8-12H2,1-3H3,(H,16,18). The van der Waals surface area contributed by atoms with Gasteiger partial charge in [0.05, 0.1) is 20.3 Å². The Morgan fingerprint density at radius 2 is 1.95 bits per heavy atom. The van der Waals surface area contributed by atoms with Crippen LogP contribution in [0.25, 0.3) is 0 Å². The number of rotatable bonds is 9. The number of ether oxygens (including phenoxy) is 2. The first kappa shape index (κ1) is 16.5. The second kappa shape index (κ2) is 9.34. The van der Waals surface area contributed by atoms with Gasteiger partial charge in [0, 0.05) is 19.5 Å². The molecule has 1 rings (SSSR count). The molecular formula is C15H24N2O3. The second-order valence-electron chi connectivity index (χ2n) is 4.80. The minimum absolute atomic E-state index is 0.0292. The summed E-state index contributed by atoms with van der Waals surface area (Å²) in [7, 11) is 5.59. The summed E-state index contributed by atoms with van der Waals surface area (Å²) >= 11 is 0. The van der Waals surface area contributed by atoms with Crippen LogP contribution >= 0.6 is 0 Å². The molecule has 0 fully saturated rings. The van der Waals surface area contributed by atoms with Crippen molar-refractivity contribution >= 4 is 5.91 Å². The van der Waals surface area contributed by atoms with Crippen LogP contribution in [0.5, 0.6) is 5.75 Å². The summed E-state index contributed by atoms with van der Waals surface area (Å²) in [4.78, 5) is 13.5. The van der Waals surface area contributed by atoms with Gasteiger partial charge in [-0.1, -0.05) is 12.1 Å². The fraction of sp³-hybridized carbons (Fsp3) is 0.533. The molecule has 0 radical (unpaired) electrons. The van der Waals surface area contributed by atoms with Gasteiger partial charge in [-0.2, -0.15) is 0 Å². The van der Waals surface area contributed by atoms with Gasteiger partial charge in [0.2, 0.25) is 5.91 Å². The Morgan fingerprint density at radius 1 is 1.25 bits per heavy atom. The second-order valence-corrected chi connectivity index (χ2v) is 4.80. The van der Waals surface area contributed by atoms with Gasteiger partial charge in [0.15, 0.2) is 0 Å². The van der Waals surface area contributed by atoms with E-state index in [2.05, 4.69) is 5.32 Å². The zero-order valence-corrected chi connectivity index (χ0v) is 12.5. The number of carbonyl (C=O) groups excluding carboxylic acids is 1. The molecule has 5 heteroatoms. The number of nitrogens with one attached hydrogen (secondary N) is 1. The monoisotopic (exact) mass is 280 g/mol. The van der Waals surface area contributed by atoms with E-state index in [1.165, 1.54) is 0 Å². The van der Waals surface area contributed by atoms with E-state index >= 15 is 0 Å². The van der Waals surface area contributed by atoms with Gasteiger partial charge in [-0.15, -0.1) is 0 Å². The molecule has 0 bridgehead atoms. The van der Waals surface area contributed by atoms with Crippen molar-refractivity contribution in [2.24, 2.45) is 0 Å². The third-order valence-corrected chi connectivity index (χ3v) is 2.78. The highest BCUT2D eigenvalue weighted by atomic mass is 16.5. The van der Waals surface area contributed by atoms with Crippen LogP contribution in [0.1, 0.15) is 12.0 Å². The molecule has 20 heavy (non-hydrogen) atoms. The van der Waals surface area contributed by atoms with E-state index in [0.717, 1.165) is 17.9 Å². The lowest BCUT2D eigenvalue weighted by molar-refractivity contribution is -0.122. The minimum Gasteiger partial charge on any atom is -0.497 e. The van der Waals surface area contributed by atoms with E-state index in [9.17, 15) is 4.79 Å². The van der Waals surface area contributed by atoms with Gasteiger partial charge >= 0.3 is 0 Å². The lowest BCUT2D eigenvalue weighted by atomic mass is 10.2. The van der Waals surface area contributed by atoms with Crippen LogP contribution in [-0.4, -0.2) is 51.7 Å². The van der Waals surface area contributed by atoms with Crippen molar-refractivity contribution in [2.45, 2.75) is 13.0 Å². The fourth-order valence-electron chi connectivity index (χ4n) is 1.58. The highest BCUT2D eigenvalue weighted by Crippen LogP contribution is 2.11. The molecule has 0 saturated carbocycles. The van der Waals surface area contributed by atoms with Crippen LogP contribution in [-0.2, 0) is 16.1 Å². The van der Waals surface area contributed by atoms with Crippen LogP contribution < -0.4 is 10.1 Å². The lowest BCUT2D eigenvalue weighted by Gasteiger charge is -2.10. The Labute approximate surface area is 120 Å². The van der Waals surface area contributed by atoms with Crippen molar-refractivity contribution in [2.75, 3.05) is 40.9 Å². The molecule has 0 saturated heterocycles. The van der Waals surface area contributed by atoms with E-state index in [1.807, 2.05) is 43.3 Å². The maximum atomic E-state index is 11.5. The summed E-state index contributed by atoms with van der Waals surface area (Å²) in [6, 6.07) is 7.70. The third-order valence-electron chi connectivity index (χ3n) is 2.78. The van der Waals surface area contributed by atoms with Gasteiger partial charge in [0.25, 0.3) is 0 Å². The predicted octanol–water partition coefficient (Wildman–Crippen LogP) is 1.28. The van der Waals surface area contributed by atoms with Crippen LogP contribution in [0.4, 0.5) is 0 Å². The number of benzene rings is 1. The first-order valence-electron chi connectivity index (χ1n) is 6.74. The molecule has 112 valence electrons. The number of methoxy groups -OCH3 is 1. The summed E-state index contributed by atoms with van der Waals surface area (Å²) in [5, 5.41) is 2.85. The molecule has 0 aliphatic heterocycles. The quantitative estimate of drug-likeness (QED) is 0.692. The molecule has 0 aromatic heterocycles. The zero-order valence-electron chi connectivity index (χ0n) is 12.5. The van der Waals surface area contributed by atoms with Gasteiger partial charge in [-0.25, -0.2) is 0 Å². The largest absolute Gasteiger partial charge is 0.497 e. The SMILES string of the molecule is COc1ccc(COCCC(=O)NCCN(C)C)cc1. The number of nitrogens with zero attached hydrogens (tertiary/aromatic N) is 1. The van der Waals surface area contributed by atoms with Gasteiger partial charge in [-0.3, -0.25) is 4.79 Å². The summed E-state index contributed by atoms with van der Waals surface area (Å²) in [6.07, 6.45) is 0.392. The highest BCUT2D eigenvalue weighted by Gasteiger charge is 2.01. The normalized spacial score (nSPS) is 10.6. The molecule has 0 spiro atoms. The van der Waals surface area contributed by atoms with Crippen molar-refractivity contribution in [3.8, 4) is 5.75 Å². The predicted molar refractivity (Wildman–Crippen MR) is 78.8 cm³/mol. The van der Waals surface area contributed by atoms with Crippen LogP contribution in [0, 0.1) is 0 Å². The summed E-state index contributed by atoms with van der Waals surface area (Å²) < 4.78 is 10.6. The van der Waals surface area contributed by atoms with Crippen LogP contribution in [0.15, 0.2) is 24.3 Å². The number of hydrogen-bond donors (Lipinski definition) is 1. The van der Waals surface area contributed by atoms with Gasteiger partial charge in [0.1, 0.15) is 5.75 Å². The van der Waals surface area contributed by atoms with Crippen LogP contribution in [0.2, 0.25) is 0 Å². The van der Waals surface area contributed by atoms with Crippen molar-refractivity contribution in [1.82, 2.24) is 10.2 Å². The molecule has 0 heterocycles. The molecule has 5 nitrogen and oxygen atoms in total. The molecule has 0 aliphatic rings. The Bertz CT molecular complexity index is 391. The molecule has 1 aromatic carbocycles. The highest BCUT2D eigenvalue weighted by molar-refractivity contribution is 5.75. The molecule has 1 N–H and O–H groups in total. The first-order valence-corrected chi connectivity index (χ1v) is 6.74. The molecular weight excluding hydrogens is 256 g/mol. The topological polar surface area (TPSA) is 50.8 Å². The maximum absolute atomic E-state index is 11.5. The number of hydrogen-bond acceptors (Lipinski definition) is 4. The number of carbonyl (C=O) groups is 1. The van der Waals surface area contributed by atoms with E-state index < -0.39 is 0 Å². The fourth-order valence-corrected chi connectivity index (χ4v) is 1.58. The average Bonchev–Trinajstić information content (AvgIpc) is 2.44. The summed E-state index contributed by atoms with van der Waals surface area (Å²) in [5.41, 5.74) is 1.07. The summed E-state index contributed by atoms with van der Waals surface area (Å²) in [6.45, 7) is 2.46. The third kappa shape index (κ3) is 7.11. The zero-order chi connectivity index (χ0) is 14.8. The maximum Gasteiger partial charge on any atom is 0.222 e. The Balaban J connectivity index is 2.10. The first-order chi connectivity index (χ1) is 9.61. The van der Waals surface area contributed by atoms with E-state index in [1.54, 1.807) is 7.11 Å². The van der Waals surface area contributed by atoms with E-state index in [-0.39, 0.29) is 5.91 Å². The van der Waals surface area contributed by atoms with Crippen molar-refractivity contribution < 1.29 is 14.3 Å². The van der Waals surface area contributed by atoms with Crippen LogP contribution in [0.3, 0.4) is 0 Å². The van der Waals surface area contributed by atoms with Gasteiger partial charge < -0.3 is 19.7 Å². The molecule has 0 atom stereocenters. The van der Waals surface area contributed by atoms with Crippen molar-refractivity contribution in [1.29, 1.82) is 0 Å². The van der Waals surface area contributed by atoms with Crippen molar-refractivity contribution in [3.63, 3.8) is 0 Å². The van der Waals surface area contributed by atoms with Gasteiger partial charge in [-0.05, 0) is 31.8 Å². The molecule has 1 amide bonds. The molecule has 1 aromatic rings. The lowest BCUT2D eigenvalue weighted by Crippen LogP contribution is -2.31. The van der Waals surface area contributed by atoms with E-state index in [0.29, 0.717) is 26.2 Å². The Kier molecular flexibility index (Phi) is 7.69. The minimum atomic E-state index is 0.0292. The smallest absolute Gasteiger partial charge is 0.222 e. The average molecular weight is 280 g/mol. The Hall–Kier alpha value is -1.59. The Morgan fingerprint density at radius 3 is 2.55 bits per heavy atom.